The number of hydrogen-bond donors (Lipinski definition) is 0. The van der Waals surface area contributed by atoms with Gasteiger partial charge in [-0.05, 0) is 19.1 Å². The topological polar surface area (TPSA) is 60.2 Å². The van der Waals surface area contributed by atoms with Gasteiger partial charge in [0.05, 0.1) is 22.4 Å². The van der Waals surface area contributed by atoms with Gasteiger partial charge < -0.3 is 0 Å². The SMILES string of the molecule is Cc1nc2ccccc2nc1SCc1cc(=O)n2ccsc2n1. The van der Waals surface area contributed by atoms with Gasteiger partial charge in [-0.3, -0.25) is 9.20 Å². The second kappa shape index (κ2) is 5.75. The van der Waals surface area contributed by atoms with Crippen molar-refractivity contribution in [1.82, 2.24) is 19.4 Å². The van der Waals surface area contributed by atoms with Gasteiger partial charge in [0.1, 0.15) is 5.03 Å². The lowest BCUT2D eigenvalue weighted by molar-refractivity contribution is 1.02. The summed E-state index contributed by atoms with van der Waals surface area (Å²) in [5.74, 6) is 0.595. The molecule has 0 saturated heterocycles. The van der Waals surface area contributed by atoms with Crippen molar-refractivity contribution in [2.24, 2.45) is 0 Å². The van der Waals surface area contributed by atoms with Crippen LogP contribution in [0.4, 0.5) is 0 Å². The molecule has 0 spiro atoms. The van der Waals surface area contributed by atoms with E-state index >= 15 is 0 Å². The molecule has 0 unspecified atom stereocenters. The van der Waals surface area contributed by atoms with Crippen LogP contribution in [-0.2, 0) is 5.75 Å². The van der Waals surface area contributed by atoms with E-state index in [1.54, 1.807) is 28.4 Å². The molecule has 0 bridgehead atoms. The number of rotatable bonds is 3. The lowest BCUT2D eigenvalue weighted by Gasteiger charge is -2.06. The highest BCUT2D eigenvalue weighted by Gasteiger charge is 2.08. The quantitative estimate of drug-likeness (QED) is 0.536. The molecule has 5 nitrogen and oxygen atoms in total. The highest BCUT2D eigenvalue weighted by molar-refractivity contribution is 7.98. The van der Waals surface area contributed by atoms with Crippen molar-refractivity contribution < 1.29 is 0 Å². The maximum Gasteiger partial charge on any atom is 0.258 e. The molecule has 3 aromatic heterocycles. The lowest BCUT2D eigenvalue weighted by Crippen LogP contribution is -2.12. The minimum atomic E-state index is -0.0480. The zero-order valence-electron chi connectivity index (χ0n) is 12.3. The van der Waals surface area contributed by atoms with E-state index in [0.29, 0.717) is 5.75 Å². The molecule has 0 aliphatic carbocycles. The van der Waals surface area contributed by atoms with E-state index < -0.39 is 0 Å². The van der Waals surface area contributed by atoms with E-state index in [1.807, 2.05) is 36.6 Å². The van der Waals surface area contributed by atoms with Crippen LogP contribution in [0.2, 0.25) is 0 Å². The van der Waals surface area contributed by atoms with Crippen molar-refractivity contribution in [2.75, 3.05) is 0 Å². The van der Waals surface area contributed by atoms with Crippen LogP contribution in [0.25, 0.3) is 16.0 Å². The van der Waals surface area contributed by atoms with Gasteiger partial charge in [0.25, 0.3) is 5.56 Å². The van der Waals surface area contributed by atoms with Crippen LogP contribution in [0.3, 0.4) is 0 Å². The molecule has 0 aliphatic rings. The smallest absolute Gasteiger partial charge is 0.258 e. The van der Waals surface area contributed by atoms with Crippen LogP contribution < -0.4 is 5.56 Å². The van der Waals surface area contributed by atoms with Crippen LogP contribution in [0.1, 0.15) is 11.4 Å². The molecule has 0 aliphatic heterocycles. The number of nitrogens with zero attached hydrogens (tertiary/aromatic N) is 4. The number of para-hydroxylation sites is 2. The second-order valence-corrected chi connectivity index (χ2v) is 6.87. The van der Waals surface area contributed by atoms with Gasteiger partial charge in [0, 0.05) is 23.4 Å². The first-order valence-corrected chi connectivity index (χ1v) is 8.89. The van der Waals surface area contributed by atoms with Crippen molar-refractivity contribution >= 4 is 39.1 Å². The molecular weight excluding hydrogens is 328 g/mol. The van der Waals surface area contributed by atoms with E-state index in [2.05, 4.69) is 15.0 Å². The summed E-state index contributed by atoms with van der Waals surface area (Å²) in [6, 6.07) is 9.40. The molecule has 4 rings (SSSR count). The fraction of sp³-hybridized carbons (Fsp3) is 0.125. The van der Waals surface area contributed by atoms with Gasteiger partial charge in [0.15, 0.2) is 4.96 Å². The summed E-state index contributed by atoms with van der Waals surface area (Å²) in [5.41, 5.74) is 3.38. The normalized spacial score (nSPS) is 11.3. The molecule has 0 atom stereocenters. The molecule has 0 saturated carbocycles. The summed E-state index contributed by atoms with van der Waals surface area (Å²) in [5, 5.41) is 2.73. The first-order valence-electron chi connectivity index (χ1n) is 7.03. The molecule has 0 N–H and O–H groups in total. The summed E-state index contributed by atoms with van der Waals surface area (Å²) >= 11 is 3.01. The van der Waals surface area contributed by atoms with Crippen molar-refractivity contribution in [3.05, 3.63) is 63.7 Å². The van der Waals surface area contributed by atoms with Gasteiger partial charge in [-0.1, -0.05) is 23.9 Å². The van der Waals surface area contributed by atoms with Crippen LogP contribution in [0.5, 0.6) is 0 Å². The summed E-state index contributed by atoms with van der Waals surface area (Å²) < 4.78 is 1.56. The third-order valence-corrected chi connectivity index (χ3v) is 5.27. The predicted molar refractivity (Wildman–Crippen MR) is 93.2 cm³/mol. The second-order valence-electron chi connectivity index (χ2n) is 5.03. The fourth-order valence-corrected chi connectivity index (χ4v) is 3.90. The van der Waals surface area contributed by atoms with Crippen molar-refractivity contribution in [3.63, 3.8) is 0 Å². The van der Waals surface area contributed by atoms with Gasteiger partial charge in [-0.2, -0.15) is 0 Å². The molecule has 114 valence electrons. The number of thioether (sulfide) groups is 1. The lowest BCUT2D eigenvalue weighted by atomic mass is 10.3. The Kier molecular flexibility index (Phi) is 3.59. The monoisotopic (exact) mass is 340 g/mol. The number of aromatic nitrogens is 4. The third-order valence-electron chi connectivity index (χ3n) is 3.41. The molecule has 0 amide bonds. The number of hydrogen-bond acceptors (Lipinski definition) is 6. The zero-order chi connectivity index (χ0) is 15.8. The Morgan fingerprint density at radius 2 is 1.96 bits per heavy atom. The Balaban J connectivity index is 1.65. The molecule has 1 aromatic carbocycles. The zero-order valence-corrected chi connectivity index (χ0v) is 13.9. The standard InChI is InChI=1S/C16H12N4OS2/c1-10-15(19-13-5-3-2-4-12(13)17-10)23-9-11-8-14(21)20-6-7-22-16(20)18-11/h2-8H,9H2,1H3. The average molecular weight is 340 g/mol. The first-order chi connectivity index (χ1) is 11.2. The predicted octanol–water partition coefficient (Wildman–Crippen LogP) is 3.30. The van der Waals surface area contributed by atoms with E-state index in [0.717, 1.165) is 32.4 Å². The van der Waals surface area contributed by atoms with E-state index in [4.69, 9.17) is 0 Å². The third kappa shape index (κ3) is 2.73. The van der Waals surface area contributed by atoms with Crippen LogP contribution >= 0.6 is 23.1 Å². The Bertz CT molecular complexity index is 1070. The van der Waals surface area contributed by atoms with Crippen LogP contribution in [0, 0.1) is 6.92 Å². The Labute approximate surface area is 140 Å². The summed E-state index contributed by atoms with van der Waals surface area (Å²) in [4.78, 5) is 26.5. The molecule has 3 heterocycles. The summed E-state index contributed by atoms with van der Waals surface area (Å²) in [7, 11) is 0. The minimum absolute atomic E-state index is 0.0480. The highest BCUT2D eigenvalue weighted by Crippen LogP contribution is 2.24. The molecule has 0 radical (unpaired) electrons. The summed E-state index contributed by atoms with van der Waals surface area (Å²) in [6.45, 7) is 1.95. The highest BCUT2D eigenvalue weighted by atomic mass is 32.2. The largest absolute Gasteiger partial charge is 0.269 e. The Morgan fingerprint density at radius 1 is 1.17 bits per heavy atom. The minimum Gasteiger partial charge on any atom is -0.269 e. The Hall–Kier alpha value is -2.25. The maximum atomic E-state index is 12.0. The molecule has 4 aromatic rings. The van der Waals surface area contributed by atoms with Gasteiger partial charge in [0.2, 0.25) is 0 Å². The Morgan fingerprint density at radius 3 is 2.78 bits per heavy atom. The first kappa shape index (κ1) is 14.3. The molecule has 7 heteroatoms. The van der Waals surface area contributed by atoms with Crippen LogP contribution in [0.15, 0.2) is 51.7 Å². The van der Waals surface area contributed by atoms with Crippen molar-refractivity contribution in [1.29, 1.82) is 0 Å². The van der Waals surface area contributed by atoms with Crippen molar-refractivity contribution in [2.45, 2.75) is 17.7 Å². The molecule has 23 heavy (non-hydrogen) atoms. The number of benzene rings is 1. The summed E-state index contributed by atoms with van der Waals surface area (Å²) in [6.07, 6.45) is 1.74. The number of fused-ring (bicyclic) bond motifs is 2. The number of aryl methyl sites for hydroxylation is 1. The van der Waals surface area contributed by atoms with E-state index in [-0.39, 0.29) is 5.56 Å². The molecule has 0 fully saturated rings. The fourth-order valence-electron chi connectivity index (χ4n) is 2.31. The van der Waals surface area contributed by atoms with Crippen LogP contribution in [-0.4, -0.2) is 19.4 Å². The van der Waals surface area contributed by atoms with Gasteiger partial charge >= 0.3 is 0 Å². The molecular formula is C16H12N4OS2. The van der Waals surface area contributed by atoms with Crippen molar-refractivity contribution in [3.8, 4) is 0 Å². The van der Waals surface area contributed by atoms with Gasteiger partial charge in [-0.25, -0.2) is 15.0 Å². The number of thiazole rings is 1. The van der Waals surface area contributed by atoms with E-state index in [9.17, 15) is 4.79 Å². The van der Waals surface area contributed by atoms with E-state index in [1.165, 1.54) is 11.3 Å². The maximum absolute atomic E-state index is 12.0. The van der Waals surface area contributed by atoms with Gasteiger partial charge in [-0.15, -0.1) is 11.3 Å². The average Bonchev–Trinajstić information content (AvgIpc) is 3.02.